The number of likely N-dealkylation sites (N-methyl/N-ethyl adjacent to an activating group) is 1. The van der Waals surface area contributed by atoms with Gasteiger partial charge < -0.3 is 5.73 Å². The van der Waals surface area contributed by atoms with Crippen LogP contribution in [0.25, 0.3) is 0 Å². The lowest BCUT2D eigenvalue weighted by Crippen LogP contribution is -2.50. The Bertz CT molecular complexity index is 290. The third-order valence-corrected chi connectivity index (χ3v) is 5.22. The molecule has 0 aromatic carbocycles. The molecular weight excluding hydrogens is 212 g/mol. The summed E-state index contributed by atoms with van der Waals surface area (Å²) in [4.78, 5) is 0. The number of rotatable bonds is 4. The highest BCUT2D eigenvalue weighted by atomic mass is 32.2. The van der Waals surface area contributed by atoms with E-state index >= 15 is 0 Å². The smallest absolute Gasteiger partial charge is 0.214 e. The van der Waals surface area contributed by atoms with Gasteiger partial charge in [0, 0.05) is 19.1 Å². The van der Waals surface area contributed by atoms with E-state index in [0.29, 0.717) is 6.42 Å². The third-order valence-electron chi connectivity index (χ3n) is 3.15. The molecule has 1 rings (SSSR count). The lowest BCUT2D eigenvalue weighted by atomic mass is 9.91. The Morgan fingerprint density at radius 2 is 1.93 bits per heavy atom. The highest BCUT2D eigenvalue weighted by Gasteiger charge is 2.31. The van der Waals surface area contributed by atoms with E-state index < -0.39 is 10.0 Å². The van der Waals surface area contributed by atoms with Crippen LogP contribution in [0, 0.1) is 0 Å². The van der Waals surface area contributed by atoms with E-state index in [-0.39, 0.29) is 17.8 Å². The van der Waals surface area contributed by atoms with Crippen molar-refractivity contribution >= 4 is 10.0 Å². The monoisotopic (exact) mass is 234 g/mol. The molecule has 90 valence electrons. The molecule has 0 heterocycles. The predicted octanol–water partition coefficient (Wildman–Crippen LogP) is 0.928. The second kappa shape index (κ2) is 5.27. The van der Waals surface area contributed by atoms with Crippen molar-refractivity contribution in [1.82, 2.24) is 4.31 Å². The van der Waals surface area contributed by atoms with Gasteiger partial charge in [0.2, 0.25) is 10.0 Å². The second-order valence-corrected chi connectivity index (χ2v) is 6.50. The summed E-state index contributed by atoms with van der Waals surface area (Å²) >= 11 is 0. The number of sulfonamides is 1. The van der Waals surface area contributed by atoms with Crippen molar-refractivity contribution in [1.29, 1.82) is 0 Å². The predicted molar refractivity (Wildman–Crippen MR) is 62.1 cm³/mol. The lowest BCUT2D eigenvalue weighted by Gasteiger charge is -2.35. The minimum absolute atomic E-state index is 0.00954. The zero-order valence-corrected chi connectivity index (χ0v) is 10.5. The van der Waals surface area contributed by atoms with Crippen molar-refractivity contribution < 1.29 is 8.42 Å². The third kappa shape index (κ3) is 3.16. The first-order chi connectivity index (χ1) is 6.99. The van der Waals surface area contributed by atoms with E-state index in [1.165, 1.54) is 4.31 Å². The van der Waals surface area contributed by atoms with Crippen molar-refractivity contribution in [2.75, 3.05) is 12.8 Å². The van der Waals surface area contributed by atoms with Gasteiger partial charge in [0.05, 0.1) is 5.75 Å². The molecule has 1 aliphatic rings. The average molecular weight is 234 g/mol. The van der Waals surface area contributed by atoms with Crippen LogP contribution >= 0.6 is 0 Å². The van der Waals surface area contributed by atoms with Gasteiger partial charge in [-0.05, 0) is 19.3 Å². The van der Waals surface area contributed by atoms with Gasteiger partial charge >= 0.3 is 0 Å². The summed E-state index contributed by atoms with van der Waals surface area (Å²) < 4.78 is 25.2. The molecule has 2 atom stereocenters. The van der Waals surface area contributed by atoms with Crippen molar-refractivity contribution in [3.63, 3.8) is 0 Å². The van der Waals surface area contributed by atoms with E-state index in [2.05, 4.69) is 0 Å². The summed E-state index contributed by atoms with van der Waals surface area (Å²) in [6.07, 6.45) is 4.72. The van der Waals surface area contributed by atoms with Crippen molar-refractivity contribution in [2.24, 2.45) is 5.73 Å². The summed E-state index contributed by atoms with van der Waals surface area (Å²) in [6.45, 7) is 1.88. The zero-order chi connectivity index (χ0) is 11.5. The molecule has 0 amide bonds. The van der Waals surface area contributed by atoms with Crippen LogP contribution in [0.15, 0.2) is 0 Å². The molecule has 0 bridgehead atoms. The van der Waals surface area contributed by atoms with Gasteiger partial charge in [-0.3, -0.25) is 0 Å². The fraction of sp³-hybridized carbons (Fsp3) is 1.00. The van der Waals surface area contributed by atoms with Gasteiger partial charge in [0.25, 0.3) is 0 Å². The molecule has 1 aliphatic carbocycles. The number of nitrogens with zero attached hydrogens (tertiary/aromatic N) is 1. The van der Waals surface area contributed by atoms with Crippen LogP contribution in [0.5, 0.6) is 0 Å². The van der Waals surface area contributed by atoms with Gasteiger partial charge in [-0.1, -0.05) is 19.8 Å². The molecule has 5 heteroatoms. The van der Waals surface area contributed by atoms with Crippen molar-refractivity contribution in [2.45, 2.75) is 51.1 Å². The first kappa shape index (κ1) is 12.9. The van der Waals surface area contributed by atoms with Crippen LogP contribution in [0.4, 0.5) is 0 Å². The Labute approximate surface area is 92.9 Å². The normalized spacial score (nSPS) is 28.3. The van der Waals surface area contributed by atoms with E-state index in [1.807, 2.05) is 6.92 Å². The fourth-order valence-electron chi connectivity index (χ4n) is 2.20. The van der Waals surface area contributed by atoms with E-state index in [0.717, 1.165) is 25.7 Å². The SMILES string of the molecule is CCCS(=O)(=O)N(C)C1CCCCC1N. The molecule has 0 saturated heterocycles. The molecule has 0 spiro atoms. The van der Waals surface area contributed by atoms with E-state index in [4.69, 9.17) is 5.73 Å². The Hall–Kier alpha value is -0.130. The first-order valence-corrected chi connectivity index (χ1v) is 7.31. The Morgan fingerprint density at radius 1 is 1.33 bits per heavy atom. The zero-order valence-electron chi connectivity index (χ0n) is 9.65. The van der Waals surface area contributed by atoms with Crippen molar-refractivity contribution in [3.8, 4) is 0 Å². The first-order valence-electron chi connectivity index (χ1n) is 5.70. The summed E-state index contributed by atoms with van der Waals surface area (Å²) in [5, 5.41) is 0. The van der Waals surface area contributed by atoms with Gasteiger partial charge in [0.1, 0.15) is 0 Å². The standard InChI is InChI=1S/C10H22N2O2S/c1-3-8-15(13,14)12(2)10-7-5-4-6-9(10)11/h9-10H,3-8,11H2,1-2H3. The number of hydrogen-bond acceptors (Lipinski definition) is 3. The summed E-state index contributed by atoms with van der Waals surface area (Å²) in [5.74, 6) is 0.229. The quantitative estimate of drug-likeness (QED) is 0.787. The molecule has 2 unspecified atom stereocenters. The summed E-state index contributed by atoms with van der Waals surface area (Å²) in [5.41, 5.74) is 5.97. The van der Waals surface area contributed by atoms with Crippen LogP contribution in [-0.4, -0.2) is 37.6 Å². The minimum Gasteiger partial charge on any atom is -0.326 e. The Balaban J connectivity index is 2.69. The molecule has 0 radical (unpaired) electrons. The topological polar surface area (TPSA) is 63.4 Å². The fourth-order valence-corrected chi connectivity index (χ4v) is 3.68. The maximum absolute atomic E-state index is 11.8. The maximum Gasteiger partial charge on any atom is 0.214 e. The van der Waals surface area contributed by atoms with Crippen LogP contribution in [0.1, 0.15) is 39.0 Å². The van der Waals surface area contributed by atoms with E-state index in [9.17, 15) is 8.42 Å². The minimum atomic E-state index is -3.09. The maximum atomic E-state index is 11.8. The molecular formula is C10H22N2O2S. The second-order valence-electron chi connectivity index (χ2n) is 4.35. The van der Waals surface area contributed by atoms with Crippen LogP contribution in [0.3, 0.4) is 0 Å². The van der Waals surface area contributed by atoms with Gasteiger partial charge in [-0.25, -0.2) is 12.7 Å². The van der Waals surface area contributed by atoms with Crippen LogP contribution in [-0.2, 0) is 10.0 Å². The van der Waals surface area contributed by atoms with E-state index in [1.54, 1.807) is 7.05 Å². The Morgan fingerprint density at radius 3 is 2.47 bits per heavy atom. The lowest BCUT2D eigenvalue weighted by molar-refractivity contribution is 0.252. The summed E-state index contributed by atoms with van der Waals surface area (Å²) in [7, 11) is -1.42. The van der Waals surface area contributed by atoms with Gasteiger partial charge in [-0.2, -0.15) is 0 Å². The van der Waals surface area contributed by atoms with Gasteiger partial charge in [-0.15, -0.1) is 0 Å². The molecule has 0 aliphatic heterocycles. The molecule has 2 N–H and O–H groups in total. The molecule has 1 fully saturated rings. The molecule has 15 heavy (non-hydrogen) atoms. The van der Waals surface area contributed by atoms with Crippen LogP contribution < -0.4 is 5.73 Å². The highest BCUT2D eigenvalue weighted by Crippen LogP contribution is 2.23. The molecule has 4 nitrogen and oxygen atoms in total. The van der Waals surface area contributed by atoms with Crippen LogP contribution in [0.2, 0.25) is 0 Å². The molecule has 1 saturated carbocycles. The highest BCUT2D eigenvalue weighted by molar-refractivity contribution is 7.89. The summed E-state index contributed by atoms with van der Waals surface area (Å²) in [6, 6.07) is 0.0191. The molecule has 0 aromatic heterocycles. The largest absolute Gasteiger partial charge is 0.326 e. The van der Waals surface area contributed by atoms with Gasteiger partial charge in [0.15, 0.2) is 0 Å². The van der Waals surface area contributed by atoms with Crippen molar-refractivity contribution in [3.05, 3.63) is 0 Å². The average Bonchev–Trinajstić information content (AvgIpc) is 2.17. The Kier molecular flexibility index (Phi) is 4.55. The number of nitrogens with two attached hydrogens (primary N) is 1. The number of hydrogen-bond donors (Lipinski definition) is 1. The molecule has 0 aromatic rings.